The molecule has 100 valence electrons. The van der Waals surface area contributed by atoms with Gasteiger partial charge in [-0.15, -0.1) is 0 Å². The van der Waals surface area contributed by atoms with Gasteiger partial charge in [-0.05, 0) is 26.0 Å². The molecule has 0 saturated heterocycles. The Kier molecular flexibility index (Phi) is 6.04. The lowest BCUT2D eigenvalue weighted by Gasteiger charge is -2.13. The third-order valence-electron chi connectivity index (χ3n) is 2.46. The number of nitrogens with one attached hydrogen (secondary N) is 1. The van der Waals surface area contributed by atoms with Crippen molar-refractivity contribution in [2.75, 3.05) is 13.2 Å². The summed E-state index contributed by atoms with van der Waals surface area (Å²) in [6.45, 7) is 5.56. The van der Waals surface area contributed by atoms with Gasteiger partial charge in [0.05, 0.1) is 11.5 Å². The van der Waals surface area contributed by atoms with Crippen molar-refractivity contribution in [1.29, 1.82) is 0 Å². The molecule has 0 aliphatic carbocycles. The van der Waals surface area contributed by atoms with Crippen LogP contribution in [0.4, 0.5) is 5.69 Å². The predicted octanol–water partition coefficient (Wildman–Crippen LogP) is 2.76. The molecule has 1 aromatic rings. The molecule has 0 heterocycles. The summed E-state index contributed by atoms with van der Waals surface area (Å²) >= 11 is 5.75. The van der Waals surface area contributed by atoms with Crippen LogP contribution in [-0.4, -0.2) is 24.2 Å². The second-order valence-corrected chi connectivity index (χ2v) is 4.41. The van der Waals surface area contributed by atoms with E-state index >= 15 is 0 Å². The van der Waals surface area contributed by atoms with Crippen LogP contribution in [0.25, 0.3) is 0 Å². The second-order valence-electron chi connectivity index (χ2n) is 3.97. The Hall–Kier alpha value is -1.17. The van der Waals surface area contributed by atoms with Crippen LogP contribution in [0.5, 0.6) is 0 Å². The number of hydrogen-bond acceptors (Lipinski definition) is 4. The molecule has 0 fully saturated rings. The summed E-state index contributed by atoms with van der Waals surface area (Å²) < 4.78 is 5.26. The molecule has 1 unspecified atom stereocenters. The third kappa shape index (κ3) is 4.60. The maximum absolute atomic E-state index is 10.9. The molecule has 1 aromatic carbocycles. The van der Waals surface area contributed by atoms with Crippen LogP contribution in [-0.2, 0) is 11.3 Å². The van der Waals surface area contributed by atoms with E-state index in [9.17, 15) is 10.1 Å². The summed E-state index contributed by atoms with van der Waals surface area (Å²) in [7, 11) is 0. The molecule has 1 atom stereocenters. The van der Waals surface area contributed by atoms with E-state index in [2.05, 4.69) is 5.32 Å². The molecule has 0 spiro atoms. The predicted molar refractivity (Wildman–Crippen MR) is 70.9 cm³/mol. The first kappa shape index (κ1) is 14.9. The van der Waals surface area contributed by atoms with Crippen molar-refractivity contribution < 1.29 is 9.66 Å². The average molecular weight is 273 g/mol. The number of hydrogen-bond donors (Lipinski definition) is 1. The van der Waals surface area contributed by atoms with Gasteiger partial charge in [0.25, 0.3) is 5.69 Å². The molecular weight excluding hydrogens is 256 g/mol. The van der Waals surface area contributed by atoms with Gasteiger partial charge in [-0.3, -0.25) is 10.1 Å². The van der Waals surface area contributed by atoms with Crippen molar-refractivity contribution in [1.82, 2.24) is 5.32 Å². The molecule has 0 amide bonds. The Balaban J connectivity index is 2.64. The zero-order chi connectivity index (χ0) is 13.5. The Labute approximate surface area is 111 Å². The largest absolute Gasteiger partial charge is 0.380 e. The van der Waals surface area contributed by atoms with Crippen molar-refractivity contribution in [3.63, 3.8) is 0 Å². The van der Waals surface area contributed by atoms with E-state index < -0.39 is 4.92 Å². The molecule has 0 aliphatic heterocycles. The molecule has 5 nitrogen and oxygen atoms in total. The SMILES string of the molecule is CCOCC(C)NCc1ccc(Cl)cc1[N+](=O)[O-]. The van der Waals surface area contributed by atoms with Crippen molar-refractivity contribution in [3.05, 3.63) is 38.9 Å². The van der Waals surface area contributed by atoms with Crippen molar-refractivity contribution in [2.24, 2.45) is 0 Å². The van der Waals surface area contributed by atoms with Crippen LogP contribution in [0.1, 0.15) is 19.4 Å². The van der Waals surface area contributed by atoms with E-state index in [0.717, 1.165) is 0 Å². The lowest BCUT2D eigenvalue weighted by molar-refractivity contribution is -0.385. The maximum atomic E-state index is 10.9. The van der Waals surface area contributed by atoms with Gasteiger partial charge in [0.1, 0.15) is 0 Å². The normalized spacial score (nSPS) is 12.4. The number of nitro groups is 1. The second kappa shape index (κ2) is 7.31. The lowest BCUT2D eigenvalue weighted by atomic mass is 10.1. The monoisotopic (exact) mass is 272 g/mol. The standard InChI is InChI=1S/C12H17ClN2O3/c1-3-18-8-9(2)14-7-10-4-5-11(13)6-12(10)15(16)17/h4-6,9,14H,3,7-8H2,1-2H3. The summed E-state index contributed by atoms with van der Waals surface area (Å²) in [5.41, 5.74) is 0.659. The number of rotatable bonds is 7. The number of ether oxygens (including phenoxy) is 1. The Morgan fingerprint density at radius 3 is 2.89 bits per heavy atom. The zero-order valence-electron chi connectivity index (χ0n) is 10.5. The first-order valence-electron chi connectivity index (χ1n) is 5.78. The molecule has 0 aliphatic rings. The van der Waals surface area contributed by atoms with Gasteiger partial charge in [0.15, 0.2) is 0 Å². The summed E-state index contributed by atoms with van der Waals surface area (Å²) in [6.07, 6.45) is 0. The first-order valence-corrected chi connectivity index (χ1v) is 6.16. The number of nitrogens with zero attached hydrogens (tertiary/aromatic N) is 1. The molecule has 6 heteroatoms. The highest BCUT2D eigenvalue weighted by atomic mass is 35.5. The summed E-state index contributed by atoms with van der Waals surface area (Å²) in [5.74, 6) is 0. The molecule has 1 N–H and O–H groups in total. The highest BCUT2D eigenvalue weighted by Crippen LogP contribution is 2.23. The lowest BCUT2D eigenvalue weighted by Crippen LogP contribution is -2.30. The number of benzene rings is 1. The van der Waals surface area contributed by atoms with E-state index in [1.807, 2.05) is 13.8 Å². The average Bonchev–Trinajstić information content (AvgIpc) is 2.34. The number of halogens is 1. The molecule has 0 aromatic heterocycles. The highest BCUT2D eigenvalue weighted by Gasteiger charge is 2.14. The van der Waals surface area contributed by atoms with Gasteiger partial charge in [0, 0.05) is 35.8 Å². The van der Waals surface area contributed by atoms with E-state index in [0.29, 0.717) is 30.3 Å². The van der Waals surface area contributed by atoms with Crippen LogP contribution in [0.3, 0.4) is 0 Å². The van der Waals surface area contributed by atoms with Crippen molar-refractivity contribution in [3.8, 4) is 0 Å². The van der Waals surface area contributed by atoms with Crippen LogP contribution in [0, 0.1) is 10.1 Å². The first-order chi connectivity index (χ1) is 8.54. The maximum Gasteiger partial charge on any atom is 0.275 e. The Morgan fingerprint density at radius 2 is 2.28 bits per heavy atom. The molecular formula is C12H17ClN2O3. The van der Waals surface area contributed by atoms with Crippen molar-refractivity contribution >= 4 is 17.3 Å². The fraction of sp³-hybridized carbons (Fsp3) is 0.500. The van der Waals surface area contributed by atoms with Crippen LogP contribution in [0.15, 0.2) is 18.2 Å². The third-order valence-corrected chi connectivity index (χ3v) is 2.69. The molecule has 0 saturated carbocycles. The minimum atomic E-state index is -0.421. The van der Waals surface area contributed by atoms with E-state index in [1.165, 1.54) is 6.07 Å². The van der Waals surface area contributed by atoms with E-state index in [4.69, 9.17) is 16.3 Å². The topological polar surface area (TPSA) is 64.4 Å². The fourth-order valence-corrected chi connectivity index (χ4v) is 1.66. The number of nitro benzene ring substituents is 1. The minimum absolute atomic E-state index is 0.0404. The quantitative estimate of drug-likeness (QED) is 0.612. The Morgan fingerprint density at radius 1 is 1.56 bits per heavy atom. The van der Waals surface area contributed by atoms with E-state index in [-0.39, 0.29) is 11.7 Å². The van der Waals surface area contributed by atoms with Gasteiger partial charge in [0.2, 0.25) is 0 Å². The fourth-order valence-electron chi connectivity index (χ4n) is 1.49. The summed E-state index contributed by atoms with van der Waals surface area (Å²) in [6, 6.07) is 4.83. The summed E-state index contributed by atoms with van der Waals surface area (Å²) in [4.78, 5) is 10.5. The van der Waals surface area contributed by atoms with E-state index in [1.54, 1.807) is 12.1 Å². The minimum Gasteiger partial charge on any atom is -0.380 e. The summed E-state index contributed by atoms with van der Waals surface area (Å²) in [5, 5.41) is 14.4. The van der Waals surface area contributed by atoms with Gasteiger partial charge in [-0.1, -0.05) is 11.6 Å². The van der Waals surface area contributed by atoms with Crippen LogP contribution in [0.2, 0.25) is 5.02 Å². The molecule has 1 rings (SSSR count). The molecule has 0 radical (unpaired) electrons. The van der Waals surface area contributed by atoms with Crippen LogP contribution >= 0.6 is 11.6 Å². The molecule has 18 heavy (non-hydrogen) atoms. The highest BCUT2D eigenvalue weighted by molar-refractivity contribution is 6.30. The smallest absolute Gasteiger partial charge is 0.275 e. The van der Waals surface area contributed by atoms with Gasteiger partial charge < -0.3 is 10.1 Å². The van der Waals surface area contributed by atoms with Gasteiger partial charge in [-0.25, -0.2) is 0 Å². The Bertz CT molecular complexity index is 412. The van der Waals surface area contributed by atoms with Gasteiger partial charge >= 0.3 is 0 Å². The van der Waals surface area contributed by atoms with Crippen molar-refractivity contribution in [2.45, 2.75) is 26.4 Å². The zero-order valence-corrected chi connectivity index (χ0v) is 11.2. The van der Waals surface area contributed by atoms with Gasteiger partial charge in [-0.2, -0.15) is 0 Å². The molecule has 0 bridgehead atoms. The van der Waals surface area contributed by atoms with Crippen LogP contribution < -0.4 is 5.32 Å².